The highest BCUT2D eigenvalue weighted by Gasteiger charge is 2.20. The van der Waals surface area contributed by atoms with Crippen LogP contribution in [0.25, 0.3) is 0 Å². The molecule has 0 saturated carbocycles. The van der Waals surface area contributed by atoms with Crippen molar-refractivity contribution in [3.8, 4) is 0 Å². The van der Waals surface area contributed by atoms with Gasteiger partial charge in [0.15, 0.2) is 10.7 Å². The molecule has 16 heavy (non-hydrogen) atoms. The molecule has 0 aliphatic heterocycles. The second kappa shape index (κ2) is 4.48. The van der Waals surface area contributed by atoms with E-state index in [4.69, 9.17) is 9.84 Å². The van der Waals surface area contributed by atoms with E-state index in [2.05, 4.69) is 10.3 Å². The molecule has 0 aromatic carbocycles. The molecule has 0 fully saturated rings. The number of hydrogen-bond donors (Lipinski definition) is 2. The van der Waals surface area contributed by atoms with Gasteiger partial charge in [-0.3, -0.25) is 5.32 Å². The van der Waals surface area contributed by atoms with Gasteiger partial charge >= 0.3 is 12.1 Å². The lowest BCUT2D eigenvalue weighted by Crippen LogP contribution is -2.27. The molecule has 0 atom stereocenters. The first-order valence-electron chi connectivity index (χ1n) is 4.46. The van der Waals surface area contributed by atoms with Crippen LogP contribution >= 0.6 is 11.3 Å². The Balaban J connectivity index is 2.70. The van der Waals surface area contributed by atoms with Gasteiger partial charge in [0.05, 0.1) is 5.51 Å². The molecule has 0 aliphatic carbocycles. The molecule has 1 rings (SSSR count). The fourth-order valence-electron chi connectivity index (χ4n) is 0.887. The van der Waals surface area contributed by atoms with E-state index in [1.165, 1.54) is 5.51 Å². The Morgan fingerprint density at radius 1 is 1.50 bits per heavy atom. The van der Waals surface area contributed by atoms with Gasteiger partial charge in [-0.15, -0.1) is 11.3 Å². The summed E-state index contributed by atoms with van der Waals surface area (Å²) in [6.45, 7) is 5.14. The van der Waals surface area contributed by atoms with Crippen molar-refractivity contribution in [1.29, 1.82) is 0 Å². The third-order valence-corrected chi connectivity index (χ3v) is 2.20. The summed E-state index contributed by atoms with van der Waals surface area (Å²) in [5, 5.41) is 11.1. The van der Waals surface area contributed by atoms with Crippen LogP contribution in [0.5, 0.6) is 0 Å². The van der Waals surface area contributed by atoms with Crippen LogP contribution in [-0.2, 0) is 4.74 Å². The van der Waals surface area contributed by atoms with Crippen molar-refractivity contribution in [3.05, 3.63) is 10.4 Å². The molecule has 0 bridgehead atoms. The molecular formula is C9H12N2O4S. The standard InChI is InChI=1S/C9H12N2O4S/c1-9(2,3)15-8(14)11-6-5(7(12)13)16-4-10-6/h4H,1-3H3,(H,11,14)(H,12,13). The van der Waals surface area contributed by atoms with Crippen molar-refractivity contribution < 1.29 is 19.4 Å². The number of anilines is 1. The number of nitrogens with zero attached hydrogens (tertiary/aromatic N) is 1. The monoisotopic (exact) mass is 244 g/mol. The number of carbonyl (C=O) groups is 2. The lowest BCUT2D eigenvalue weighted by atomic mass is 10.2. The number of nitrogens with one attached hydrogen (secondary N) is 1. The highest BCUT2D eigenvalue weighted by Crippen LogP contribution is 2.19. The fraction of sp³-hybridized carbons (Fsp3) is 0.444. The predicted octanol–water partition coefficient (Wildman–Crippen LogP) is 2.19. The first kappa shape index (κ1) is 12.4. The molecule has 2 N–H and O–H groups in total. The SMILES string of the molecule is CC(C)(C)OC(=O)Nc1ncsc1C(=O)O. The topological polar surface area (TPSA) is 88.5 Å². The summed E-state index contributed by atoms with van der Waals surface area (Å²) in [5.41, 5.74) is 0.708. The van der Waals surface area contributed by atoms with Crippen molar-refractivity contribution in [2.75, 3.05) is 5.32 Å². The second-order valence-electron chi connectivity index (χ2n) is 3.96. The molecule has 1 aromatic rings. The molecule has 0 unspecified atom stereocenters. The third kappa shape index (κ3) is 3.50. The van der Waals surface area contributed by atoms with E-state index in [-0.39, 0.29) is 10.7 Å². The van der Waals surface area contributed by atoms with Gasteiger partial charge in [-0.2, -0.15) is 0 Å². The lowest BCUT2D eigenvalue weighted by Gasteiger charge is -2.19. The van der Waals surface area contributed by atoms with Crippen molar-refractivity contribution in [3.63, 3.8) is 0 Å². The van der Waals surface area contributed by atoms with E-state index in [9.17, 15) is 9.59 Å². The van der Waals surface area contributed by atoms with Gasteiger partial charge in [0, 0.05) is 0 Å². The minimum atomic E-state index is -1.13. The Labute approximate surface area is 96.3 Å². The zero-order valence-corrected chi connectivity index (χ0v) is 9.92. The number of rotatable bonds is 2. The lowest BCUT2D eigenvalue weighted by molar-refractivity contribution is 0.0635. The average Bonchev–Trinajstić information content (AvgIpc) is 2.47. The Hall–Kier alpha value is -1.63. The fourth-order valence-corrected chi connectivity index (χ4v) is 1.47. The molecule has 1 aromatic heterocycles. The molecule has 0 saturated heterocycles. The van der Waals surface area contributed by atoms with Gasteiger partial charge < -0.3 is 9.84 Å². The number of carboxylic acids is 1. The Kier molecular flexibility index (Phi) is 3.48. The van der Waals surface area contributed by atoms with Crippen molar-refractivity contribution in [1.82, 2.24) is 4.98 Å². The summed E-state index contributed by atoms with van der Waals surface area (Å²) >= 11 is 0.937. The van der Waals surface area contributed by atoms with Crippen LogP contribution in [0.2, 0.25) is 0 Å². The molecule has 7 heteroatoms. The quantitative estimate of drug-likeness (QED) is 0.832. The van der Waals surface area contributed by atoms with Gasteiger partial charge in [0.1, 0.15) is 5.60 Å². The van der Waals surface area contributed by atoms with Crippen LogP contribution in [0.3, 0.4) is 0 Å². The highest BCUT2D eigenvalue weighted by atomic mass is 32.1. The summed E-state index contributed by atoms with van der Waals surface area (Å²) in [5.74, 6) is -1.12. The number of aromatic carboxylic acids is 1. The van der Waals surface area contributed by atoms with E-state index in [1.807, 2.05) is 0 Å². The normalized spacial score (nSPS) is 10.9. The molecule has 0 radical (unpaired) electrons. The Bertz CT molecular complexity index is 408. The number of carbonyl (C=O) groups excluding carboxylic acids is 1. The minimum absolute atomic E-state index is 0.00625. The summed E-state index contributed by atoms with van der Waals surface area (Å²) < 4.78 is 4.97. The summed E-state index contributed by atoms with van der Waals surface area (Å²) in [7, 11) is 0. The van der Waals surface area contributed by atoms with E-state index >= 15 is 0 Å². The van der Waals surface area contributed by atoms with Crippen LogP contribution in [0.4, 0.5) is 10.6 Å². The van der Waals surface area contributed by atoms with E-state index in [0.29, 0.717) is 0 Å². The van der Waals surface area contributed by atoms with Crippen LogP contribution in [0, 0.1) is 0 Å². The van der Waals surface area contributed by atoms with Crippen molar-refractivity contribution >= 4 is 29.2 Å². The largest absolute Gasteiger partial charge is 0.477 e. The van der Waals surface area contributed by atoms with Gasteiger partial charge in [0.2, 0.25) is 0 Å². The van der Waals surface area contributed by atoms with Crippen molar-refractivity contribution in [2.24, 2.45) is 0 Å². The summed E-state index contributed by atoms with van der Waals surface area (Å²) in [6, 6.07) is 0. The summed E-state index contributed by atoms with van der Waals surface area (Å²) in [6.07, 6.45) is -0.721. The van der Waals surface area contributed by atoms with Gasteiger partial charge in [-0.1, -0.05) is 0 Å². The van der Waals surface area contributed by atoms with Crippen LogP contribution in [0.1, 0.15) is 30.4 Å². The van der Waals surface area contributed by atoms with E-state index < -0.39 is 17.7 Å². The molecule has 0 aliphatic rings. The smallest absolute Gasteiger partial charge is 0.413 e. The zero-order chi connectivity index (χ0) is 12.3. The second-order valence-corrected chi connectivity index (χ2v) is 4.82. The van der Waals surface area contributed by atoms with Gasteiger partial charge in [-0.25, -0.2) is 14.6 Å². The highest BCUT2D eigenvalue weighted by molar-refractivity contribution is 7.12. The number of thiazole rings is 1. The maximum absolute atomic E-state index is 11.3. The Morgan fingerprint density at radius 3 is 2.62 bits per heavy atom. The summed E-state index contributed by atoms with van der Waals surface area (Å²) in [4.78, 5) is 25.8. The number of ether oxygens (including phenoxy) is 1. The first-order chi connectivity index (χ1) is 7.29. The molecule has 1 heterocycles. The number of amides is 1. The van der Waals surface area contributed by atoms with Crippen molar-refractivity contribution in [2.45, 2.75) is 26.4 Å². The predicted molar refractivity (Wildman–Crippen MR) is 58.9 cm³/mol. The Morgan fingerprint density at radius 2 is 2.12 bits per heavy atom. The average molecular weight is 244 g/mol. The third-order valence-electron chi connectivity index (χ3n) is 1.38. The maximum Gasteiger partial charge on any atom is 0.413 e. The number of aromatic nitrogens is 1. The van der Waals surface area contributed by atoms with Crippen LogP contribution < -0.4 is 5.32 Å². The van der Waals surface area contributed by atoms with Gasteiger partial charge in [-0.05, 0) is 20.8 Å². The first-order valence-corrected chi connectivity index (χ1v) is 5.34. The maximum atomic E-state index is 11.3. The molecule has 88 valence electrons. The molecule has 1 amide bonds. The number of carboxylic acid groups (broad SMARTS) is 1. The molecular weight excluding hydrogens is 232 g/mol. The van der Waals surface area contributed by atoms with Crippen LogP contribution in [0.15, 0.2) is 5.51 Å². The van der Waals surface area contributed by atoms with E-state index in [1.54, 1.807) is 20.8 Å². The minimum Gasteiger partial charge on any atom is -0.477 e. The molecule has 6 nitrogen and oxygen atoms in total. The van der Waals surface area contributed by atoms with E-state index in [0.717, 1.165) is 11.3 Å². The number of hydrogen-bond acceptors (Lipinski definition) is 5. The molecule has 0 spiro atoms. The zero-order valence-electron chi connectivity index (χ0n) is 9.10. The van der Waals surface area contributed by atoms with Gasteiger partial charge in [0.25, 0.3) is 0 Å². The van der Waals surface area contributed by atoms with Crippen LogP contribution in [-0.4, -0.2) is 27.8 Å².